The molecule has 0 N–H and O–H groups in total. The molecule has 65 heavy (non-hydrogen) atoms. The summed E-state index contributed by atoms with van der Waals surface area (Å²) in [7, 11) is 0. The van der Waals surface area contributed by atoms with Crippen LogP contribution < -0.4 is 0 Å². The molecule has 9 aromatic carbocycles. The van der Waals surface area contributed by atoms with Crippen molar-refractivity contribution in [3.8, 4) is 67.3 Å². The standard InChI is InChI=1S/C62H42N2S/c1-61(2)52-28-12-9-22-46(52)49-25-16-27-51(58(49)61)60-63-55(40-33-31-39(32-34-40)44-24-15-26-50-48-23-11-14-30-57(48)65-59(44)50)38-56(64-60)41-35-36-47-45-21-10-13-29-53(45)62(54(47)37-41,42-17-5-3-6-18-42)43-19-7-4-8-20-43/h3-38H,1-2H3. The summed E-state index contributed by atoms with van der Waals surface area (Å²) in [6, 6.07) is 80.1. The van der Waals surface area contributed by atoms with Crippen LogP contribution in [-0.2, 0) is 10.8 Å². The van der Waals surface area contributed by atoms with Crippen molar-refractivity contribution in [3.05, 3.63) is 252 Å². The van der Waals surface area contributed by atoms with Gasteiger partial charge < -0.3 is 0 Å². The van der Waals surface area contributed by atoms with Gasteiger partial charge in [-0.05, 0) is 85.0 Å². The third-order valence-corrected chi connectivity index (χ3v) is 15.4. The van der Waals surface area contributed by atoms with E-state index in [1.807, 2.05) is 11.3 Å². The Morgan fingerprint density at radius 3 is 1.65 bits per heavy atom. The highest BCUT2D eigenvalue weighted by molar-refractivity contribution is 7.26. The van der Waals surface area contributed by atoms with Crippen molar-refractivity contribution in [1.29, 1.82) is 0 Å². The third-order valence-electron chi connectivity index (χ3n) is 14.2. The molecule has 0 saturated carbocycles. The second-order valence-corrected chi connectivity index (χ2v) is 19.1. The number of hydrogen-bond donors (Lipinski definition) is 0. The lowest BCUT2D eigenvalue weighted by Gasteiger charge is -2.34. The van der Waals surface area contributed by atoms with E-state index in [2.05, 4.69) is 232 Å². The number of rotatable bonds is 6. The van der Waals surface area contributed by atoms with E-state index in [1.165, 1.54) is 86.9 Å². The second kappa shape index (κ2) is 14.4. The van der Waals surface area contributed by atoms with Crippen LogP contribution >= 0.6 is 11.3 Å². The fourth-order valence-corrected chi connectivity index (χ4v) is 12.5. The first kappa shape index (κ1) is 37.8. The predicted octanol–water partition coefficient (Wildman–Crippen LogP) is 16.2. The SMILES string of the molecule is CC1(C)c2ccccc2-c2cccc(-c3nc(-c4ccc(-c5cccc6c5sc5ccccc56)cc4)cc(-c4ccc5c(c4)C(c4ccccc4)(c4ccccc4)c4ccccc4-5)n3)c21. The fourth-order valence-electron chi connectivity index (χ4n) is 11.3. The Hall–Kier alpha value is -7.72. The summed E-state index contributed by atoms with van der Waals surface area (Å²) < 4.78 is 2.63. The van der Waals surface area contributed by atoms with Crippen LogP contribution in [0.1, 0.15) is 47.2 Å². The molecule has 2 aliphatic rings. The molecule has 2 heterocycles. The van der Waals surface area contributed by atoms with Crippen LogP contribution in [0.25, 0.3) is 87.5 Å². The van der Waals surface area contributed by atoms with Crippen molar-refractivity contribution in [3.63, 3.8) is 0 Å². The van der Waals surface area contributed by atoms with Crippen LogP contribution in [0.5, 0.6) is 0 Å². The molecule has 13 rings (SSSR count). The van der Waals surface area contributed by atoms with E-state index in [4.69, 9.17) is 9.97 Å². The van der Waals surface area contributed by atoms with Crippen LogP contribution in [0.4, 0.5) is 0 Å². The molecule has 2 aromatic heterocycles. The Morgan fingerprint density at radius 1 is 0.369 bits per heavy atom. The Morgan fingerprint density at radius 2 is 0.892 bits per heavy atom. The lowest BCUT2D eigenvalue weighted by atomic mass is 9.67. The Labute approximate surface area is 383 Å². The van der Waals surface area contributed by atoms with Crippen LogP contribution in [0.2, 0.25) is 0 Å². The van der Waals surface area contributed by atoms with Gasteiger partial charge in [0.05, 0.1) is 16.8 Å². The molecule has 0 atom stereocenters. The van der Waals surface area contributed by atoms with Gasteiger partial charge in [0, 0.05) is 42.3 Å². The summed E-state index contributed by atoms with van der Waals surface area (Å²) in [5.74, 6) is 0.732. The molecule has 3 heteroatoms. The Bertz CT molecular complexity index is 3640. The third kappa shape index (κ3) is 5.59. The van der Waals surface area contributed by atoms with Crippen molar-refractivity contribution in [2.24, 2.45) is 0 Å². The first-order valence-corrected chi connectivity index (χ1v) is 23.3. The summed E-state index contributed by atoms with van der Waals surface area (Å²) in [6.07, 6.45) is 0. The first-order valence-electron chi connectivity index (χ1n) is 22.5. The van der Waals surface area contributed by atoms with Gasteiger partial charge in [-0.3, -0.25) is 0 Å². The van der Waals surface area contributed by atoms with E-state index >= 15 is 0 Å². The highest BCUT2D eigenvalue weighted by Gasteiger charge is 2.46. The molecule has 0 bridgehead atoms. The average molecular weight is 847 g/mol. The van der Waals surface area contributed by atoms with Gasteiger partial charge in [0.2, 0.25) is 0 Å². The molecule has 11 aromatic rings. The molecule has 0 aliphatic heterocycles. The van der Waals surface area contributed by atoms with E-state index in [1.54, 1.807) is 0 Å². The predicted molar refractivity (Wildman–Crippen MR) is 272 cm³/mol. The van der Waals surface area contributed by atoms with E-state index in [-0.39, 0.29) is 5.41 Å². The molecule has 2 aliphatic carbocycles. The van der Waals surface area contributed by atoms with E-state index < -0.39 is 5.41 Å². The number of fused-ring (bicyclic) bond motifs is 9. The first-order chi connectivity index (χ1) is 32.0. The zero-order valence-electron chi connectivity index (χ0n) is 36.1. The largest absolute Gasteiger partial charge is 0.228 e. The average Bonchev–Trinajstić information content (AvgIpc) is 3.98. The van der Waals surface area contributed by atoms with Crippen LogP contribution in [0, 0.1) is 0 Å². The minimum Gasteiger partial charge on any atom is -0.228 e. The van der Waals surface area contributed by atoms with Crippen molar-refractivity contribution in [2.45, 2.75) is 24.7 Å². The lowest BCUT2D eigenvalue weighted by Crippen LogP contribution is -2.28. The summed E-state index contributed by atoms with van der Waals surface area (Å²) in [5.41, 5.74) is 19.3. The summed E-state index contributed by atoms with van der Waals surface area (Å²) in [4.78, 5) is 11.1. The summed E-state index contributed by atoms with van der Waals surface area (Å²) >= 11 is 1.87. The lowest BCUT2D eigenvalue weighted by molar-refractivity contribution is 0.661. The minimum atomic E-state index is -0.522. The molecule has 0 unspecified atom stereocenters. The van der Waals surface area contributed by atoms with Crippen molar-refractivity contribution < 1.29 is 0 Å². The molecular weight excluding hydrogens is 805 g/mol. The Kier molecular flexibility index (Phi) is 8.38. The van der Waals surface area contributed by atoms with Crippen LogP contribution in [0.15, 0.2) is 218 Å². The molecule has 0 fully saturated rings. The van der Waals surface area contributed by atoms with Crippen LogP contribution in [-0.4, -0.2) is 9.97 Å². The quantitative estimate of drug-likeness (QED) is 0.167. The number of benzene rings is 9. The van der Waals surface area contributed by atoms with Gasteiger partial charge in [-0.2, -0.15) is 0 Å². The van der Waals surface area contributed by atoms with Crippen molar-refractivity contribution in [1.82, 2.24) is 9.97 Å². The van der Waals surface area contributed by atoms with E-state index in [9.17, 15) is 0 Å². The smallest absolute Gasteiger partial charge is 0.160 e. The van der Waals surface area contributed by atoms with Gasteiger partial charge in [-0.15, -0.1) is 11.3 Å². The summed E-state index contributed by atoms with van der Waals surface area (Å²) in [5, 5.41) is 2.62. The highest BCUT2D eigenvalue weighted by atomic mass is 32.1. The maximum Gasteiger partial charge on any atom is 0.160 e. The number of hydrogen-bond acceptors (Lipinski definition) is 3. The maximum absolute atomic E-state index is 5.58. The van der Waals surface area contributed by atoms with Crippen molar-refractivity contribution in [2.75, 3.05) is 0 Å². The normalized spacial score (nSPS) is 13.9. The van der Waals surface area contributed by atoms with Gasteiger partial charge in [0.25, 0.3) is 0 Å². The molecular formula is C62H42N2S. The van der Waals surface area contributed by atoms with E-state index in [0.29, 0.717) is 0 Å². The zero-order chi connectivity index (χ0) is 43.3. The van der Waals surface area contributed by atoms with Gasteiger partial charge in [0.1, 0.15) is 0 Å². The van der Waals surface area contributed by atoms with Crippen molar-refractivity contribution >= 4 is 31.5 Å². The monoisotopic (exact) mass is 846 g/mol. The van der Waals surface area contributed by atoms with E-state index in [0.717, 1.165) is 33.9 Å². The number of aromatic nitrogens is 2. The Balaban J connectivity index is 1.02. The van der Waals surface area contributed by atoms with Gasteiger partial charge in [-0.25, -0.2) is 9.97 Å². The number of thiophene rings is 1. The zero-order valence-corrected chi connectivity index (χ0v) is 36.9. The molecule has 306 valence electrons. The topological polar surface area (TPSA) is 25.8 Å². The minimum absolute atomic E-state index is 0.234. The highest BCUT2D eigenvalue weighted by Crippen LogP contribution is 2.57. The molecule has 0 amide bonds. The fraction of sp³-hybridized carbons (Fsp3) is 0.0645. The van der Waals surface area contributed by atoms with Gasteiger partial charge in [-0.1, -0.05) is 214 Å². The van der Waals surface area contributed by atoms with Gasteiger partial charge >= 0.3 is 0 Å². The molecule has 0 saturated heterocycles. The van der Waals surface area contributed by atoms with Crippen LogP contribution in [0.3, 0.4) is 0 Å². The molecule has 0 spiro atoms. The second-order valence-electron chi connectivity index (χ2n) is 18.0. The molecule has 2 nitrogen and oxygen atoms in total. The van der Waals surface area contributed by atoms with Gasteiger partial charge in [0.15, 0.2) is 5.82 Å². The molecule has 0 radical (unpaired) electrons. The summed E-state index contributed by atoms with van der Waals surface area (Å²) in [6.45, 7) is 4.68. The number of nitrogens with zero attached hydrogens (tertiary/aromatic N) is 2. The maximum atomic E-state index is 5.58.